The summed E-state index contributed by atoms with van der Waals surface area (Å²) >= 11 is 5.87. The fourth-order valence-corrected chi connectivity index (χ4v) is 2.78. The fourth-order valence-electron chi connectivity index (χ4n) is 2.61. The Bertz CT molecular complexity index is 864. The van der Waals surface area contributed by atoms with Gasteiger partial charge in [-0.25, -0.2) is 0 Å². The van der Waals surface area contributed by atoms with Crippen molar-refractivity contribution in [1.82, 2.24) is 10.2 Å². The molecule has 0 spiro atoms. The van der Waals surface area contributed by atoms with E-state index in [2.05, 4.69) is 5.32 Å². The topological polar surface area (TPSA) is 75.7 Å². The van der Waals surface area contributed by atoms with E-state index in [1.807, 2.05) is 19.1 Å². The van der Waals surface area contributed by atoms with Crippen LogP contribution in [0.3, 0.4) is 0 Å². The number of nitrogens with zero attached hydrogens (tertiary/aromatic N) is 1. The van der Waals surface area contributed by atoms with Crippen molar-refractivity contribution in [3.8, 4) is 5.75 Å². The van der Waals surface area contributed by atoms with E-state index in [0.29, 0.717) is 16.3 Å². The smallest absolute Gasteiger partial charge is 0.261 e. The molecule has 0 saturated heterocycles. The Labute approximate surface area is 155 Å². The van der Waals surface area contributed by atoms with Gasteiger partial charge in [0.2, 0.25) is 0 Å². The molecule has 2 aromatic rings. The van der Waals surface area contributed by atoms with Gasteiger partial charge in [0, 0.05) is 18.1 Å². The van der Waals surface area contributed by atoms with Gasteiger partial charge in [-0.2, -0.15) is 0 Å². The molecule has 3 amide bonds. The zero-order chi connectivity index (χ0) is 18.7. The number of carbonyl (C=O) groups excluding carboxylic acids is 3. The van der Waals surface area contributed by atoms with Crippen LogP contribution in [-0.2, 0) is 4.79 Å². The molecule has 1 heterocycles. The zero-order valence-corrected chi connectivity index (χ0v) is 14.9. The van der Waals surface area contributed by atoms with Crippen molar-refractivity contribution in [2.24, 2.45) is 0 Å². The van der Waals surface area contributed by atoms with Crippen LogP contribution in [0.4, 0.5) is 0 Å². The molecular weight excluding hydrogens is 356 g/mol. The quantitative estimate of drug-likeness (QED) is 0.790. The Balaban J connectivity index is 1.47. The average molecular weight is 373 g/mol. The van der Waals surface area contributed by atoms with Crippen molar-refractivity contribution in [1.29, 1.82) is 0 Å². The number of ether oxygens (including phenoxy) is 1. The lowest BCUT2D eigenvalue weighted by Crippen LogP contribution is -2.39. The van der Waals surface area contributed by atoms with Gasteiger partial charge in [0.05, 0.1) is 11.1 Å². The van der Waals surface area contributed by atoms with Gasteiger partial charge in [-0.05, 0) is 37.3 Å². The van der Waals surface area contributed by atoms with Crippen LogP contribution in [0, 0.1) is 6.92 Å². The number of hydrogen-bond donors (Lipinski definition) is 1. The van der Waals surface area contributed by atoms with Crippen LogP contribution in [-0.4, -0.2) is 42.3 Å². The number of amides is 3. The highest BCUT2D eigenvalue weighted by molar-refractivity contribution is 6.32. The summed E-state index contributed by atoms with van der Waals surface area (Å²) in [6, 6.07) is 11.9. The SMILES string of the molecule is Cc1ccc(OCC(=O)NCCN2C(=O)c3ccc(Cl)cc3C2=O)cc1. The van der Waals surface area contributed by atoms with Crippen molar-refractivity contribution in [2.75, 3.05) is 19.7 Å². The predicted molar refractivity (Wildman–Crippen MR) is 96.5 cm³/mol. The zero-order valence-electron chi connectivity index (χ0n) is 14.1. The second kappa shape index (κ2) is 7.58. The van der Waals surface area contributed by atoms with Crippen molar-refractivity contribution >= 4 is 29.3 Å². The molecule has 1 N–H and O–H groups in total. The minimum absolute atomic E-state index is 0.0836. The lowest BCUT2D eigenvalue weighted by atomic mass is 10.1. The Morgan fingerprint density at radius 2 is 1.77 bits per heavy atom. The summed E-state index contributed by atoms with van der Waals surface area (Å²) in [7, 11) is 0. The molecule has 1 aliphatic heterocycles. The highest BCUT2D eigenvalue weighted by atomic mass is 35.5. The second-order valence-corrected chi connectivity index (χ2v) is 6.34. The summed E-state index contributed by atoms with van der Waals surface area (Å²) < 4.78 is 5.38. The van der Waals surface area contributed by atoms with Crippen LogP contribution in [0.2, 0.25) is 5.02 Å². The number of fused-ring (bicyclic) bond motifs is 1. The van der Waals surface area contributed by atoms with E-state index in [0.717, 1.165) is 10.5 Å². The minimum Gasteiger partial charge on any atom is -0.484 e. The number of rotatable bonds is 6. The molecule has 0 aliphatic carbocycles. The normalized spacial score (nSPS) is 12.9. The van der Waals surface area contributed by atoms with Gasteiger partial charge in [-0.15, -0.1) is 0 Å². The molecular formula is C19H17ClN2O4. The maximum atomic E-state index is 12.3. The van der Waals surface area contributed by atoms with E-state index < -0.39 is 5.91 Å². The Hall–Kier alpha value is -2.86. The largest absolute Gasteiger partial charge is 0.484 e. The van der Waals surface area contributed by atoms with Crippen molar-refractivity contribution < 1.29 is 19.1 Å². The molecule has 0 bridgehead atoms. The van der Waals surface area contributed by atoms with E-state index in [-0.39, 0.29) is 37.1 Å². The number of carbonyl (C=O) groups is 3. The highest BCUT2D eigenvalue weighted by Gasteiger charge is 2.35. The van der Waals surface area contributed by atoms with Crippen LogP contribution in [0.15, 0.2) is 42.5 Å². The number of benzene rings is 2. The minimum atomic E-state index is -0.405. The van der Waals surface area contributed by atoms with Crippen LogP contribution >= 0.6 is 11.6 Å². The number of nitrogens with one attached hydrogen (secondary N) is 1. The first-order valence-corrected chi connectivity index (χ1v) is 8.45. The number of aryl methyl sites for hydroxylation is 1. The first-order chi connectivity index (χ1) is 12.5. The maximum absolute atomic E-state index is 12.3. The predicted octanol–water partition coefficient (Wildman–Crippen LogP) is 2.44. The molecule has 1 aliphatic rings. The summed E-state index contributed by atoms with van der Waals surface area (Å²) in [6.45, 7) is 2.06. The fraction of sp³-hybridized carbons (Fsp3) is 0.211. The van der Waals surface area contributed by atoms with Gasteiger partial charge in [0.25, 0.3) is 17.7 Å². The molecule has 0 unspecified atom stereocenters. The van der Waals surface area contributed by atoms with E-state index in [9.17, 15) is 14.4 Å². The molecule has 0 fully saturated rings. The van der Waals surface area contributed by atoms with Gasteiger partial charge >= 0.3 is 0 Å². The molecule has 6 nitrogen and oxygen atoms in total. The lowest BCUT2D eigenvalue weighted by molar-refractivity contribution is -0.123. The number of imide groups is 1. The van der Waals surface area contributed by atoms with Gasteiger partial charge in [-0.3, -0.25) is 19.3 Å². The molecule has 2 aromatic carbocycles. The standard InChI is InChI=1S/C19H17ClN2O4/c1-12-2-5-14(6-3-12)26-11-17(23)21-8-9-22-18(24)15-7-4-13(20)10-16(15)19(22)25/h2-7,10H,8-9,11H2,1H3,(H,21,23). The molecule has 0 radical (unpaired) electrons. The summed E-state index contributed by atoms with van der Waals surface area (Å²) in [5.41, 5.74) is 1.72. The Morgan fingerprint density at radius 1 is 1.08 bits per heavy atom. The number of halogens is 1. The monoisotopic (exact) mass is 372 g/mol. The molecule has 26 heavy (non-hydrogen) atoms. The highest BCUT2D eigenvalue weighted by Crippen LogP contribution is 2.25. The third kappa shape index (κ3) is 3.86. The van der Waals surface area contributed by atoms with E-state index in [4.69, 9.17) is 16.3 Å². The molecule has 3 rings (SSSR count). The van der Waals surface area contributed by atoms with Crippen LogP contribution in [0.1, 0.15) is 26.3 Å². The van der Waals surface area contributed by atoms with Crippen molar-refractivity contribution in [2.45, 2.75) is 6.92 Å². The molecule has 7 heteroatoms. The molecule has 134 valence electrons. The summed E-state index contributed by atoms with van der Waals surface area (Å²) in [4.78, 5) is 37.5. The van der Waals surface area contributed by atoms with Gasteiger partial charge < -0.3 is 10.1 Å². The Morgan fingerprint density at radius 3 is 2.50 bits per heavy atom. The van der Waals surface area contributed by atoms with Crippen LogP contribution in [0.25, 0.3) is 0 Å². The van der Waals surface area contributed by atoms with Gasteiger partial charge in [0.15, 0.2) is 6.61 Å². The third-order valence-corrected chi connectivity index (χ3v) is 4.22. The number of hydrogen-bond acceptors (Lipinski definition) is 4. The van der Waals surface area contributed by atoms with E-state index in [1.54, 1.807) is 18.2 Å². The van der Waals surface area contributed by atoms with Crippen LogP contribution in [0.5, 0.6) is 5.75 Å². The second-order valence-electron chi connectivity index (χ2n) is 5.90. The Kier molecular flexibility index (Phi) is 5.23. The van der Waals surface area contributed by atoms with Crippen molar-refractivity contribution in [3.63, 3.8) is 0 Å². The summed E-state index contributed by atoms with van der Waals surface area (Å²) in [5.74, 6) is -0.516. The first-order valence-electron chi connectivity index (χ1n) is 8.07. The van der Waals surface area contributed by atoms with Gasteiger partial charge in [0.1, 0.15) is 5.75 Å². The van der Waals surface area contributed by atoms with Gasteiger partial charge in [-0.1, -0.05) is 29.3 Å². The summed E-state index contributed by atoms with van der Waals surface area (Å²) in [6.07, 6.45) is 0. The molecule has 0 saturated carbocycles. The maximum Gasteiger partial charge on any atom is 0.261 e. The van der Waals surface area contributed by atoms with E-state index >= 15 is 0 Å². The van der Waals surface area contributed by atoms with Crippen molar-refractivity contribution in [3.05, 3.63) is 64.2 Å². The van der Waals surface area contributed by atoms with Crippen LogP contribution < -0.4 is 10.1 Å². The molecule has 0 aromatic heterocycles. The first kappa shape index (κ1) is 17.9. The third-order valence-electron chi connectivity index (χ3n) is 3.98. The lowest BCUT2D eigenvalue weighted by Gasteiger charge is -2.14. The summed E-state index contributed by atoms with van der Waals surface area (Å²) in [5, 5.41) is 3.03. The average Bonchev–Trinajstić information content (AvgIpc) is 2.85. The molecule has 0 atom stereocenters. The van der Waals surface area contributed by atoms with E-state index in [1.165, 1.54) is 12.1 Å².